The number of hydrogen-bond donors (Lipinski definition) is 0. The molecule has 0 N–H and O–H groups in total. The van der Waals surface area contributed by atoms with Gasteiger partial charge in [0.1, 0.15) is 24.4 Å². The van der Waals surface area contributed by atoms with Crippen LogP contribution in [-0.4, -0.2) is 104 Å². The molecule has 0 saturated heterocycles. The lowest BCUT2D eigenvalue weighted by atomic mass is 9.48. The van der Waals surface area contributed by atoms with Gasteiger partial charge in [0.15, 0.2) is 12.2 Å². The van der Waals surface area contributed by atoms with E-state index in [2.05, 4.69) is 6.58 Å². The van der Waals surface area contributed by atoms with Crippen LogP contribution in [-0.2, 0) is 66.7 Å². The molecular formula is C43H57NO14. The molecule has 4 rings (SSSR count). The van der Waals surface area contributed by atoms with Crippen LogP contribution in [0.5, 0.6) is 0 Å². The molecule has 0 radical (unpaired) electrons. The summed E-state index contributed by atoms with van der Waals surface area (Å²) < 4.78 is 42.4. The summed E-state index contributed by atoms with van der Waals surface area (Å²) in [5.41, 5.74) is -0.760. The van der Waals surface area contributed by atoms with E-state index in [1.54, 1.807) is 63.2 Å². The van der Waals surface area contributed by atoms with Crippen molar-refractivity contribution in [1.29, 1.82) is 0 Å². The highest BCUT2D eigenvalue weighted by Gasteiger charge is 2.68. The Bertz CT molecular complexity index is 1830. The van der Waals surface area contributed by atoms with Crippen molar-refractivity contribution in [3.05, 3.63) is 59.2 Å². The minimum Gasteiger partial charge on any atom is -0.462 e. The predicted octanol–water partition coefficient (Wildman–Crippen LogP) is 4.75. The normalized spacial score (nSPS) is 29.9. The van der Waals surface area contributed by atoms with Crippen LogP contribution in [0.3, 0.4) is 0 Å². The third-order valence-electron chi connectivity index (χ3n) is 11.8. The molecule has 0 heterocycles. The van der Waals surface area contributed by atoms with Gasteiger partial charge in [-0.25, -0.2) is 4.79 Å². The lowest BCUT2D eigenvalue weighted by Crippen LogP contribution is -2.68. The van der Waals surface area contributed by atoms with Crippen molar-refractivity contribution in [1.82, 2.24) is 4.90 Å². The largest absolute Gasteiger partial charge is 0.462 e. The van der Waals surface area contributed by atoms with Crippen LogP contribution in [0.1, 0.15) is 93.7 Å². The van der Waals surface area contributed by atoms with E-state index < -0.39 is 113 Å². The number of benzene rings is 1. The number of esters is 7. The Balaban J connectivity index is 2.04. The molecule has 0 spiro atoms. The van der Waals surface area contributed by atoms with Crippen LogP contribution in [0, 0.1) is 22.7 Å². The first-order valence-corrected chi connectivity index (χ1v) is 19.3. The maximum atomic E-state index is 14.5. The highest BCUT2D eigenvalue weighted by Crippen LogP contribution is 2.62. The first-order chi connectivity index (χ1) is 26.9. The Labute approximate surface area is 339 Å². The fraction of sp³-hybridized carbons (Fsp3) is 0.605. The highest BCUT2D eigenvalue weighted by atomic mass is 16.6. The monoisotopic (exact) mass is 811 g/mol. The molecule has 3 aliphatic rings. The summed E-state index contributed by atoms with van der Waals surface area (Å²) >= 11 is 0. The molecule has 2 fully saturated rings. The summed E-state index contributed by atoms with van der Waals surface area (Å²) in [5.74, 6) is -7.06. The maximum Gasteiger partial charge on any atom is 0.350 e. The van der Waals surface area contributed by atoms with Crippen LogP contribution >= 0.6 is 0 Å². The second-order valence-electron chi connectivity index (χ2n) is 16.4. The fourth-order valence-electron chi connectivity index (χ4n) is 9.62. The van der Waals surface area contributed by atoms with E-state index in [1.807, 2.05) is 13.8 Å². The van der Waals surface area contributed by atoms with E-state index in [9.17, 15) is 33.6 Å². The molecule has 0 unspecified atom stereocenters. The van der Waals surface area contributed by atoms with Gasteiger partial charge in [-0.1, -0.05) is 57.7 Å². The molecule has 318 valence electrons. The number of carbonyl (C=O) groups is 7. The second kappa shape index (κ2) is 17.8. The van der Waals surface area contributed by atoms with E-state index in [0.717, 1.165) is 0 Å². The lowest BCUT2D eigenvalue weighted by molar-refractivity contribution is -0.231. The minimum absolute atomic E-state index is 0.129. The molecule has 1 aromatic carbocycles. The van der Waals surface area contributed by atoms with E-state index in [-0.39, 0.29) is 18.4 Å². The van der Waals surface area contributed by atoms with Gasteiger partial charge in [0, 0.05) is 59.8 Å². The van der Waals surface area contributed by atoms with E-state index in [4.69, 9.17) is 33.2 Å². The molecule has 1 aromatic rings. The fourth-order valence-corrected chi connectivity index (χ4v) is 9.62. The standard InChI is InChI=1S/C43H57NO14/c1-21-31(52-23(3)45)19-30-37(54-25(5)47)35-22(2)32(58-41(51)39(56-27(7)49)36(44(12)13)29-17-15-14-16-18-29)20-33(53-24(4)46)43(35,11)40(57-28(8)50)38(55-26(6)48)34(21)42(30,9)10/h14-18,30-33,35-40H,2,19-20H2,1,3-13H3/t30-,31-,32-,33-,35-,36+,37+,38-,39+,40-,43+/m0/s1. The topological polar surface area (TPSA) is 187 Å². The molecule has 15 heteroatoms. The first-order valence-electron chi connectivity index (χ1n) is 19.3. The number of nitrogens with zero attached hydrogens (tertiary/aromatic N) is 1. The Morgan fingerprint density at radius 2 is 1.26 bits per heavy atom. The quantitative estimate of drug-likeness (QED) is 0.169. The van der Waals surface area contributed by atoms with Crippen LogP contribution in [0.15, 0.2) is 53.6 Å². The van der Waals surface area contributed by atoms with Crippen LogP contribution in [0.25, 0.3) is 0 Å². The van der Waals surface area contributed by atoms with Crippen LogP contribution in [0.2, 0.25) is 0 Å². The zero-order valence-electron chi connectivity index (χ0n) is 35.4. The lowest BCUT2D eigenvalue weighted by Gasteiger charge is -2.61. The SMILES string of the molecule is C=C1[C@@H](OC(=O)[C@H](OC(C)=O)[C@@H](c2ccccc2)N(C)C)C[C@H](OC(C)=O)[C@@]2(C)[C@@H](OC(C)=O)[C@@H](OC(C)=O)C3=C(C)[C@@H](OC(C)=O)C[C@@H]([C@@H](OC(C)=O)[C@H]12)C3(C)C. The van der Waals surface area contributed by atoms with Crippen molar-refractivity contribution >= 4 is 41.8 Å². The van der Waals surface area contributed by atoms with Gasteiger partial charge in [0.05, 0.1) is 11.5 Å². The van der Waals surface area contributed by atoms with Gasteiger partial charge in [0.2, 0.25) is 6.10 Å². The summed E-state index contributed by atoms with van der Waals surface area (Å²) in [6.45, 7) is 18.8. The van der Waals surface area contributed by atoms with Gasteiger partial charge in [-0.3, -0.25) is 33.7 Å². The minimum atomic E-state index is -1.60. The summed E-state index contributed by atoms with van der Waals surface area (Å²) in [4.78, 5) is 93.7. The average molecular weight is 812 g/mol. The molecule has 2 bridgehead atoms. The number of rotatable bonds is 11. The molecule has 0 aromatic heterocycles. The predicted molar refractivity (Wildman–Crippen MR) is 206 cm³/mol. The number of carbonyl (C=O) groups excluding carboxylic acids is 7. The zero-order chi connectivity index (χ0) is 43.6. The Morgan fingerprint density at radius 3 is 1.76 bits per heavy atom. The van der Waals surface area contributed by atoms with Gasteiger partial charge in [-0.2, -0.15) is 0 Å². The number of fused-ring (bicyclic) bond motifs is 3. The van der Waals surface area contributed by atoms with E-state index in [1.165, 1.54) is 41.5 Å². The van der Waals surface area contributed by atoms with Crippen LogP contribution in [0.4, 0.5) is 0 Å². The van der Waals surface area contributed by atoms with Gasteiger partial charge < -0.3 is 33.2 Å². The van der Waals surface area contributed by atoms with Crippen molar-refractivity contribution in [3.63, 3.8) is 0 Å². The molecule has 11 atom stereocenters. The molecule has 58 heavy (non-hydrogen) atoms. The number of likely N-dealkylation sites (N-methyl/N-ethyl adjacent to an activating group) is 1. The number of ether oxygens (including phenoxy) is 7. The number of hydrogen-bond acceptors (Lipinski definition) is 15. The molecule has 3 aliphatic carbocycles. The van der Waals surface area contributed by atoms with Gasteiger partial charge >= 0.3 is 41.8 Å². The molecule has 2 saturated carbocycles. The van der Waals surface area contributed by atoms with Crippen molar-refractivity contribution in [3.8, 4) is 0 Å². The molecule has 0 amide bonds. The van der Waals surface area contributed by atoms with Gasteiger partial charge in [-0.05, 0) is 55.1 Å². The zero-order valence-corrected chi connectivity index (χ0v) is 35.4. The smallest absolute Gasteiger partial charge is 0.350 e. The molecular weight excluding hydrogens is 754 g/mol. The van der Waals surface area contributed by atoms with Crippen molar-refractivity contribution in [2.24, 2.45) is 22.7 Å². The Kier molecular flexibility index (Phi) is 14.0. The van der Waals surface area contributed by atoms with Crippen molar-refractivity contribution in [2.45, 2.75) is 131 Å². The maximum absolute atomic E-state index is 14.5. The van der Waals surface area contributed by atoms with Gasteiger partial charge in [0.25, 0.3) is 0 Å². The summed E-state index contributed by atoms with van der Waals surface area (Å²) in [5, 5.41) is 0. The Morgan fingerprint density at radius 1 is 0.707 bits per heavy atom. The molecule has 15 nitrogen and oxygen atoms in total. The van der Waals surface area contributed by atoms with Crippen molar-refractivity contribution < 1.29 is 66.7 Å². The Hall–Kier alpha value is -5.05. The first kappa shape index (κ1) is 45.6. The summed E-state index contributed by atoms with van der Waals surface area (Å²) in [6.07, 6.45) is -8.96. The third-order valence-corrected chi connectivity index (χ3v) is 11.8. The third kappa shape index (κ3) is 9.29. The van der Waals surface area contributed by atoms with Crippen LogP contribution < -0.4 is 0 Å². The van der Waals surface area contributed by atoms with E-state index in [0.29, 0.717) is 16.7 Å². The van der Waals surface area contributed by atoms with Crippen molar-refractivity contribution in [2.75, 3.05) is 14.1 Å². The highest BCUT2D eigenvalue weighted by molar-refractivity contribution is 5.80. The van der Waals surface area contributed by atoms with Gasteiger partial charge in [-0.15, -0.1) is 0 Å². The van der Waals surface area contributed by atoms with E-state index >= 15 is 0 Å². The summed E-state index contributed by atoms with van der Waals surface area (Å²) in [7, 11) is 3.44. The second-order valence-corrected chi connectivity index (χ2v) is 16.4. The summed E-state index contributed by atoms with van der Waals surface area (Å²) in [6, 6.07) is 8.13. The average Bonchev–Trinajstić information content (AvgIpc) is 3.08. The molecule has 0 aliphatic heterocycles.